The molecule has 0 radical (unpaired) electrons. The van der Waals surface area contributed by atoms with E-state index in [0.717, 1.165) is 33.2 Å². The van der Waals surface area contributed by atoms with Gasteiger partial charge < -0.3 is 0 Å². The number of halogens is 2. The summed E-state index contributed by atoms with van der Waals surface area (Å²) >= 11 is 7.19. The first kappa shape index (κ1) is 16.7. The van der Waals surface area contributed by atoms with Crippen LogP contribution in [0.5, 0.6) is 0 Å². The molecule has 21 heavy (non-hydrogen) atoms. The van der Waals surface area contributed by atoms with Crippen molar-refractivity contribution in [2.45, 2.75) is 32.7 Å². The molecule has 0 spiro atoms. The Morgan fingerprint density at radius 3 is 2.62 bits per heavy atom. The molecule has 1 aromatic carbocycles. The molecule has 1 aromatic heterocycles. The standard InChI is InChI=1S/C15H20Br2N4/c1-4-12-15(17)14(21(3)20-12)8-13(19-18)10-5-6-11(16)9(2)7-10/h5-7,13,19H,4,8,18H2,1-3H3. The largest absolute Gasteiger partial charge is 0.271 e. The van der Waals surface area contributed by atoms with Crippen molar-refractivity contribution in [1.29, 1.82) is 0 Å². The topological polar surface area (TPSA) is 55.9 Å². The zero-order chi connectivity index (χ0) is 15.6. The zero-order valence-electron chi connectivity index (χ0n) is 12.5. The molecule has 0 bridgehead atoms. The predicted octanol–water partition coefficient (Wildman–Crippen LogP) is 3.56. The van der Waals surface area contributed by atoms with Crippen LogP contribution in [0.25, 0.3) is 0 Å². The van der Waals surface area contributed by atoms with Crippen LogP contribution in [-0.2, 0) is 19.9 Å². The van der Waals surface area contributed by atoms with Crippen molar-refractivity contribution in [3.63, 3.8) is 0 Å². The van der Waals surface area contributed by atoms with Crippen LogP contribution in [0.2, 0.25) is 0 Å². The molecule has 2 aromatic rings. The maximum atomic E-state index is 5.77. The quantitative estimate of drug-likeness (QED) is 0.579. The molecule has 0 aliphatic heterocycles. The maximum absolute atomic E-state index is 5.77. The Labute approximate surface area is 142 Å². The summed E-state index contributed by atoms with van der Waals surface area (Å²) in [7, 11) is 1.97. The van der Waals surface area contributed by atoms with Gasteiger partial charge in [-0.1, -0.05) is 35.0 Å². The average molecular weight is 416 g/mol. The normalized spacial score (nSPS) is 12.7. The smallest absolute Gasteiger partial charge is 0.0766 e. The third-order valence-electron chi connectivity index (χ3n) is 3.69. The van der Waals surface area contributed by atoms with Gasteiger partial charge in [0.25, 0.3) is 0 Å². The molecule has 4 nitrogen and oxygen atoms in total. The number of benzene rings is 1. The minimum atomic E-state index is 0.0493. The first-order valence-electron chi connectivity index (χ1n) is 6.90. The SMILES string of the molecule is CCc1nn(C)c(CC(NN)c2ccc(Br)c(C)c2)c1Br. The molecule has 114 valence electrons. The summed E-state index contributed by atoms with van der Waals surface area (Å²) < 4.78 is 4.12. The summed E-state index contributed by atoms with van der Waals surface area (Å²) in [6.07, 6.45) is 1.69. The lowest BCUT2D eigenvalue weighted by Gasteiger charge is -2.18. The molecule has 0 aliphatic carbocycles. The molecule has 0 saturated carbocycles. The van der Waals surface area contributed by atoms with Crippen LogP contribution in [0.15, 0.2) is 27.1 Å². The molecule has 3 N–H and O–H groups in total. The number of rotatable bonds is 5. The van der Waals surface area contributed by atoms with Crippen molar-refractivity contribution in [2.75, 3.05) is 0 Å². The third kappa shape index (κ3) is 3.56. The fourth-order valence-corrected chi connectivity index (χ4v) is 3.42. The number of nitrogens with zero attached hydrogens (tertiary/aromatic N) is 2. The minimum Gasteiger partial charge on any atom is -0.271 e. The van der Waals surface area contributed by atoms with Crippen LogP contribution in [0.4, 0.5) is 0 Å². The fourth-order valence-electron chi connectivity index (χ4n) is 2.39. The Balaban J connectivity index is 2.31. The second-order valence-electron chi connectivity index (χ2n) is 5.12. The van der Waals surface area contributed by atoms with E-state index in [2.05, 4.69) is 74.4 Å². The van der Waals surface area contributed by atoms with E-state index in [-0.39, 0.29) is 6.04 Å². The molecular formula is C15H20Br2N4. The summed E-state index contributed by atoms with van der Waals surface area (Å²) in [5.74, 6) is 5.77. The molecule has 6 heteroatoms. The van der Waals surface area contributed by atoms with Crippen LogP contribution >= 0.6 is 31.9 Å². The Hall–Kier alpha value is -0.690. The predicted molar refractivity (Wildman–Crippen MR) is 92.9 cm³/mol. The zero-order valence-corrected chi connectivity index (χ0v) is 15.6. The number of aromatic nitrogens is 2. The minimum absolute atomic E-state index is 0.0493. The van der Waals surface area contributed by atoms with Gasteiger partial charge in [0.2, 0.25) is 0 Å². The van der Waals surface area contributed by atoms with E-state index in [1.165, 1.54) is 11.1 Å². The van der Waals surface area contributed by atoms with E-state index in [1.807, 2.05) is 11.7 Å². The lowest BCUT2D eigenvalue weighted by Crippen LogP contribution is -2.30. The van der Waals surface area contributed by atoms with Gasteiger partial charge >= 0.3 is 0 Å². The molecule has 0 saturated heterocycles. The van der Waals surface area contributed by atoms with Gasteiger partial charge in [0, 0.05) is 17.9 Å². The number of hydrogen-bond acceptors (Lipinski definition) is 3. The van der Waals surface area contributed by atoms with E-state index >= 15 is 0 Å². The van der Waals surface area contributed by atoms with Gasteiger partial charge in [-0.05, 0) is 46.5 Å². The highest BCUT2D eigenvalue weighted by molar-refractivity contribution is 9.10. The summed E-state index contributed by atoms with van der Waals surface area (Å²) in [5.41, 5.74) is 7.52. The van der Waals surface area contributed by atoms with Crippen molar-refractivity contribution < 1.29 is 0 Å². The number of aryl methyl sites for hydroxylation is 3. The molecule has 0 fully saturated rings. The molecule has 0 aliphatic rings. The molecule has 1 unspecified atom stereocenters. The number of nitrogens with two attached hydrogens (primary N) is 1. The summed E-state index contributed by atoms with van der Waals surface area (Å²) in [6, 6.07) is 6.35. The van der Waals surface area contributed by atoms with E-state index in [1.54, 1.807) is 0 Å². The van der Waals surface area contributed by atoms with E-state index in [9.17, 15) is 0 Å². The number of hydrogen-bond donors (Lipinski definition) is 2. The second-order valence-corrected chi connectivity index (χ2v) is 6.76. The van der Waals surface area contributed by atoms with Gasteiger partial charge in [-0.3, -0.25) is 16.0 Å². The highest BCUT2D eigenvalue weighted by Gasteiger charge is 2.18. The molecular weight excluding hydrogens is 396 g/mol. The van der Waals surface area contributed by atoms with Crippen LogP contribution < -0.4 is 11.3 Å². The average Bonchev–Trinajstić information content (AvgIpc) is 2.74. The Bertz CT molecular complexity index is 637. The van der Waals surface area contributed by atoms with Crippen molar-refractivity contribution in [1.82, 2.24) is 15.2 Å². The second kappa shape index (κ2) is 7.05. The first-order chi connectivity index (χ1) is 9.97. The molecule has 0 amide bonds. The van der Waals surface area contributed by atoms with Crippen LogP contribution in [0, 0.1) is 6.92 Å². The van der Waals surface area contributed by atoms with Gasteiger partial charge in [-0.25, -0.2) is 0 Å². The van der Waals surface area contributed by atoms with Crippen molar-refractivity contribution in [3.8, 4) is 0 Å². The van der Waals surface area contributed by atoms with Crippen LogP contribution in [0.1, 0.15) is 35.5 Å². The van der Waals surface area contributed by atoms with Gasteiger partial charge in [0.1, 0.15) is 0 Å². The van der Waals surface area contributed by atoms with Crippen LogP contribution in [0.3, 0.4) is 0 Å². The first-order valence-corrected chi connectivity index (χ1v) is 8.48. The maximum Gasteiger partial charge on any atom is 0.0766 e. The molecule has 1 heterocycles. The Morgan fingerprint density at radius 2 is 2.10 bits per heavy atom. The van der Waals surface area contributed by atoms with Gasteiger partial charge in [-0.15, -0.1) is 0 Å². The highest BCUT2D eigenvalue weighted by atomic mass is 79.9. The lowest BCUT2D eigenvalue weighted by atomic mass is 10.0. The summed E-state index contributed by atoms with van der Waals surface area (Å²) in [5, 5.41) is 4.54. The van der Waals surface area contributed by atoms with Crippen molar-refractivity contribution in [2.24, 2.45) is 12.9 Å². The van der Waals surface area contributed by atoms with E-state index in [4.69, 9.17) is 5.84 Å². The highest BCUT2D eigenvalue weighted by Crippen LogP contribution is 2.28. The third-order valence-corrected chi connectivity index (χ3v) is 5.49. The van der Waals surface area contributed by atoms with E-state index < -0.39 is 0 Å². The molecule has 2 rings (SSSR count). The van der Waals surface area contributed by atoms with Gasteiger partial charge in [0.15, 0.2) is 0 Å². The van der Waals surface area contributed by atoms with Gasteiger partial charge in [-0.2, -0.15) is 5.10 Å². The number of hydrazine groups is 1. The Morgan fingerprint density at radius 1 is 1.38 bits per heavy atom. The monoisotopic (exact) mass is 414 g/mol. The van der Waals surface area contributed by atoms with E-state index in [0.29, 0.717) is 0 Å². The fraction of sp³-hybridized carbons (Fsp3) is 0.400. The Kier molecular flexibility index (Phi) is 5.60. The van der Waals surface area contributed by atoms with Crippen LogP contribution in [-0.4, -0.2) is 9.78 Å². The number of nitrogens with one attached hydrogen (secondary N) is 1. The molecule has 1 atom stereocenters. The van der Waals surface area contributed by atoms with Crippen molar-refractivity contribution >= 4 is 31.9 Å². The van der Waals surface area contributed by atoms with Crippen molar-refractivity contribution in [3.05, 3.63) is 49.7 Å². The van der Waals surface area contributed by atoms with Gasteiger partial charge in [0.05, 0.1) is 21.9 Å². The summed E-state index contributed by atoms with van der Waals surface area (Å²) in [4.78, 5) is 0. The lowest BCUT2D eigenvalue weighted by molar-refractivity contribution is 0.528. The summed E-state index contributed by atoms with van der Waals surface area (Å²) in [6.45, 7) is 4.18.